The van der Waals surface area contributed by atoms with E-state index in [1.54, 1.807) is 30.3 Å². The van der Waals surface area contributed by atoms with Gasteiger partial charge in [-0.1, -0.05) is 51.5 Å². The zero-order chi connectivity index (χ0) is 17.4. The van der Waals surface area contributed by atoms with E-state index in [1.807, 2.05) is 6.92 Å². The van der Waals surface area contributed by atoms with Crippen LogP contribution in [0.25, 0.3) is 0 Å². The van der Waals surface area contributed by atoms with Crippen LogP contribution in [0.4, 0.5) is 4.39 Å². The molecule has 0 aliphatic heterocycles. The molecule has 2 rings (SSSR count). The van der Waals surface area contributed by atoms with Gasteiger partial charge in [0.1, 0.15) is 12.1 Å². The lowest BCUT2D eigenvalue weighted by Gasteiger charge is -2.08. The molecule has 0 saturated heterocycles. The highest BCUT2D eigenvalue weighted by atomic mass is 19.1. The average molecular weight is 313 g/mol. The maximum absolute atomic E-state index is 13.1. The lowest BCUT2D eigenvalue weighted by atomic mass is 9.97. The Balaban J connectivity index is 0.000000463. The number of aryl methyl sites for hydroxylation is 1. The molecule has 0 bridgehead atoms. The van der Waals surface area contributed by atoms with Crippen LogP contribution in [0.3, 0.4) is 0 Å². The Kier molecular flexibility index (Phi) is 7.33. The maximum atomic E-state index is 13.1. The van der Waals surface area contributed by atoms with E-state index in [4.69, 9.17) is 5.41 Å². The van der Waals surface area contributed by atoms with E-state index < -0.39 is 0 Å². The van der Waals surface area contributed by atoms with Gasteiger partial charge in [-0.25, -0.2) is 4.39 Å². The van der Waals surface area contributed by atoms with Gasteiger partial charge >= 0.3 is 0 Å². The van der Waals surface area contributed by atoms with Crippen molar-refractivity contribution in [2.45, 2.75) is 34.1 Å². The van der Waals surface area contributed by atoms with E-state index in [9.17, 15) is 9.18 Å². The van der Waals surface area contributed by atoms with Gasteiger partial charge in [0.05, 0.1) is 5.71 Å². The normalized spacial score (nSPS) is 10.0. The van der Waals surface area contributed by atoms with Crippen LogP contribution >= 0.6 is 0 Å². The molecule has 0 aliphatic rings. The number of hydrogen-bond donors (Lipinski definition) is 1. The molecule has 2 nitrogen and oxygen atoms in total. The van der Waals surface area contributed by atoms with Crippen molar-refractivity contribution >= 4 is 12.0 Å². The van der Waals surface area contributed by atoms with E-state index in [0.29, 0.717) is 16.7 Å². The predicted octanol–water partition coefficient (Wildman–Crippen LogP) is 5.42. The Hall–Kier alpha value is -2.29. The fraction of sp³-hybridized carbons (Fsp3) is 0.300. The highest BCUT2D eigenvalue weighted by Gasteiger charge is 2.09. The van der Waals surface area contributed by atoms with Crippen LogP contribution in [0, 0.1) is 24.1 Å². The minimum absolute atomic E-state index is 0.254. The quantitative estimate of drug-likeness (QED) is 0.594. The highest BCUT2D eigenvalue weighted by Crippen LogP contribution is 2.16. The van der Waals surface area contributed by atoms with E-state index in [0.717, 1.165) is 17.8 Å². The number of carbonyl (C=O) groups is 1. The number of nitrogens with one attached hydrogen (secondary N) is 1. The molecular weight excluding hydrogens is 289 g/mol. The van der Waals surface area contributed by atoms with Crippen LogP contribution in [0.5, 0.6) is 0 Å². The number of rotatable bonds is 4. The van der Waals surface area contributed by atoms with Crippen molar-refractivity contribution in [2.75, 3.05) is 0 Å². The van der Waals surface area contributed by atoms with Crippen LogP contribution < -0.4 is 0 Å². The Morgan fingerprint density at radius 1 is 1.22 bits per heavy atom. The van der Waals surface area contributed by atoms with Gasteiger partial charge in [-0.15, -0.1) is 0 Å². The molecule has 0 aliphatic carbocycles. The summed E-state index contributed by atoms with van der Waals surface area (Å²) in [6.45, 7) is 8.47. The first kappa shape index (κ1) is 18.8. The van der Waals surface area contributed by atoms with Gasteiger partial charge in [-0.2, -0.15) is 0 Å². The molecule has 0 saturated carbocycles. The lowest BCUT2D eigenvalue weighted by Crippen LogP contribution is -2.04. The summed E-state index contributed by atoms with van der Waals surface area (Å²) in [5.74, 6) is 0.523. The zero-order valence-corrected chi connectivity index (χ0v) is 14.2. The molecule has 23 heavy (non-hydrogen) atoms. The smallest absolute Gasteiger partial charge is 0.150 e. The molecule has 0 atom stereocenters. The average Bonchev–Trinajstić information content (AvgIpc) is 2.54. The van der Waals surface area contributed by atoms with Gasteiger partial charge in [-0.05, 0) is 36.6 Å². The standard InChI is InChI=1S/C15H12FNO.C5H12/c1-10-7-11(9-18)5-6-14(10)15(17)12-3-2-4-13(16)8-12;1-4-5(2)3/h2-9,17H,1H3;5H,4H2,1-3H3. The third-order valence-corrected chi connectivity index (χ3v) is 3.59. The van der Waals surface area contributed by atoms with Crippen molar-refractivity contribution in [3.63, 3.8) is 0 Å². The molecule has 2 aromatic rings. The molecule has 2 aromatic carbocycles. The third-order valence-electron chi connectivity index (χ3n) is 3.59. The van der Waals surface area contributed by atoms with Crippen LogP contribution in [0.2, 0.25) is 0 Å². The molecule has 0 fully saturated rings. The van der Waals surface area contributed by atoms with Crippen molar-refractivity contribution in [3.05, 3.63) is 70.5 Å². The molecule has 0 aromatic heterocycles. The molecule has 122 valence electrons. The minimum Gasteiger partial charge on any atom is -0.300 e. The number of halogens is 1. The highest BCUT2D eigenvalue weighted by molar-refractivity contribution is 6.11. The summed E-state index contributed by atoms with van der Waals surface area (Å²) >= 11 is 0. The van der Waals surface area contributed by atoms with Crippen LogP contribution in [-0.2, 0) is 0 Å². The molecule has 0 radical (unpaired) electrons. The van der Waals surface area contributed by atoms with E-state index in [-0.39, 0.29) is 11.5 Å². The Morgan fingerprint density at radius 3 is 2.35 bits per heavy atom. The van der Waals surface area contributed by atoms with Crippen molar-refractivity contribution in [1.82, 2.24) is 0 Å². The molecule has 1 N–H and O–H groups in total. The fourth-order valence-corrected chi connectivity index (χ4v) is 1.84. The van der Waals surface area contributed by atoms with Crippen LogP contribution in [0.1, 0.15) is 54.2 Å². The monoisotopic (exact) mass is 313 g/mol. The molecule has 0 unspecified atom stereocenters. The summed E-state index contributed by atoms with van der Waals surface area (Å²) in [5, 5.41) is 8.08. The summed E-state index contributed by atoms with van der Waals surface area (Å²) in [7, 11) is 0. The first-order chi connectivity index (χ1) is 10.9. The summed E-state index contributed by atoms with van der Waals surface area (Å²) in [4.78, 5) is 10.7. The Labute approximate surface area is 137 Å². The van der Waals surface area contributed by atoms with E-state index >= 15 is 0 Å². The number of benzene rings is 2. The van der Waals surface area contributed by atoms with Crippen molar-refractivity contribution in [2.24, 2.45) is 5.92 Å². The van der Waals surface area contributed by atoms with Gasteiger partial charge in [0.15, 0.2) is 0 Å². The second kappa shape index (κ2) is 8.99. The lowest BCUT2D eigenvalue weighted by molar-refractivity contribution is 0.112. The Bertz CT molecular complexity index is 677. The second-order valence-electron chi connectivity index (χ2n) is 5.88. The summed E-state index contributed by atoms with van der Waals surface area (Å²) in [6, 6.07) is 11.0. The SMILES string of the molecule is CCC(C)C.Cc1cc(C=O)ccc1C(=N)c1cccc(F)c1. The topological polar surface area (TPSA) is 40.9 Å². The summed E-state index contributed by atoms with van der Waals surface area (Å²) in [6.07, 6.45) is 2.07. The van der Waals surface area contributed by atoms with E-state index in [2.05, 4.69) is 20.8 Å². The van der Waals surface area contributed by atoms with Gasteiger partial charge < -0.3 is 0 Å². The molecule has 0 heterocycles. The summed E-state index contributed by atoms with van der Waals surface area (Å²) < 4.78 is 13.1. The maximum Gasteiger partial charge on any atom is 0.150 e. The molecule has 3 heteroatoms. The third kappa shape index (κ3) is 5.78. The molecular formula is C20H24FNO. The first-order valence-electron chi connectivity index (χ1n) is 7.79. The van der Waals surface area contributed by atoms with Crippen LogP contribution in [0.15, 0.2) is 42.5 Å². The van der Waals surface area contributed by atoms with Crippen molar-refractivity contribution in [3.8, 4) is 0 Å². The van der Waals surface area contributed by atoms with Gasteiger partial charge in [0, 0.05) is 16.7 Å². The van der Waals surface area contributed by atoms with E-state index in [1.165, 1.54) is 18.6 Å². The van der Waals surface area contributed by atoms with Crippen LogP contribution in [-0.4, -0.2) is 12.0 Å². The summed E-state index contributed by atoms with van der Waals surface area (Å²) in [5.41, 5.74) is 2.88. The number of hydrogen-bond acceptors (Lipinski definition) is 2. The Morgan fingerprint density at radius 2 is 1.87 bits per heavy atom. The van der Waals surface area contributed by atoms with Gasteiger partial charge in [-0.3, -0.25) is 10.2 Å². The fourth-order valence-electron chi connectivity index (χ4n) is 1.84. The van der Waals surface area contributed by atoms with Crippen molar-refractivity contribution < 1.29 is 9.18 Å². The van der Waals surface area contributed by atoms with Crippen molar-refractivity contribution in [1.29, 1.82) is 5.41 Å². The second-order valence-corrected chi connectivity index (χ2v) is 5.88. The number of aldehydes is 1. The largest absolute Gasteiger partial charge is 0.300 e. The first-order valence-corrected chi connectivity index (χ1v) is 7.79. The number of carbonyl (C=O) groups excluding carboxylic acids is 1. The molecule has 0 spiro atoms. The van der Waals surface area contributed by atoms with Gasteiger partial charge in [0.2, 0.25) is 0 Å². The predicted molar refractivity (Wildman–Crippen MR) is 94.0 cm³/mol. The van der Waals surface area contributed by atoms with Gasteiger partial charge in [0.25, 0.3) is 0 Å². The zero-order valence-electron chi connectivity index (χ0n) is 14.2. The minimum atomic E-state index is -0.362. The molecule has 0 amide bonds.